The SMILES string of the molecule is CN(CCN1CCOCC1)C(=O)c1ccccc1. The molecule has 1 aromatic carbocycles. The van der Waals surface area contributed by atoms with Crippen molar-refractivity contribution >= 4 is 5.91 Å². The van der Waals surface area contributed by atoms with Gasteiger partial charge in [0.05, 0.1) is 13.2 Å². The van der Waals surface area contributed by atoms with Crippen molar-refractivity contribution < 1.29 is 9.53 Å². The van der Waals surface area contributed by atoms with Crippen LogP contribution < -0.4 is 0 Å². The van der Waals surface area contributed by atoms with Gasteiger partial charge >= 0.3 is 0 Å². The van der Waals surface area contributed by atoms with Crippen LogP contribution in [0.1, 0.15) is 10.4 Å². The lowest BCUT2D eigenvalue weighted by Gasteiger charge is -2.28. The minimum Gasteiger partial charge on any atom is -0.379 e. The lowest BCUT2D eigenvalue weighted by molar-refractivity contribution is 0.0338. The summed E-state index contributed by atoms with van der Waals surface area (Å²) in [7, 11) is 1.86. The Bertz CT molecular complexity index is 375. The number of benzene rings is 1. The number of rotatable bonds is 4. The van der Waals surface area contributed by atoms with Crippen LogP contribution in [0.4, 0.5) is 0 Å². The van der Waals surface area contributed by atoms with Crippen LogP contribution in [0.2, 0.25) is 0 Å². The van der Waals surface area contributed by atoms with E-state index in [9.17, 15) is 4.79 Å². The summed E-state index contributed by atoms with van der Waals surface area (Å²) in [5, 5.41) is 0. The van der Waals surface area contributed by atoms with Crippen LogP contribution in [0.15, 0.2) is 30.3 Å². The quantitative estimate of drug-likeness (QED) is 0.799. The Morgan fingerprint density at radius 2 is 1.94 bits per heavy atom. The van der Waals surface area contributed by atoms with E-state index in [1.165, 1.54) is 0 Å². The summed E-state index contributed by atoms with van der Waals surface area (Å²) in [6.07, 6.45) is 0. The van der Waals surface area contributed by atoms with Crippen LogP contribution in [0.5, 0.6) is 0 Å². The Morgan fingerprint density at radius 3 is 2.61 bits per heavy atom. The number of likely N-dealkylation sites (N-methyl/N-ethyl adjacent to an activating group) is 1. The third-order valence-electron chi connectivity index (χ3n) is 3.22. The second-order valence-corrected chi connectivity index (χ2v) is 4.55. The number of carbonyl (C=O) groups is 1. The van der Waals surface area contributed by atoms with Gasteiger partial charge in [0.25, 0.3) is 5.91 Å². The van der Waals surface area contributed by atoms with Crippen molar-refractivity contribution in [1.82, 2.24) is 9.80 Å². The molecule has 1 heterocycles. The molecule has 0 aliphatic carbocycles. The van der Waals surface area contributed by atoms with E-state index >= 15 is 0 Å². The summed E-state index contributed by atoms with van der Waals surface area (Å²) in [4.78, 5) is 16.2. The maximum Gasteiger partial charge on any atom is 0.253 e. The third-order valence-corrected chi connectivity index (χ3v) is 3.22. The number of carbonyl (C=O) groups excluding carboxylic acids is 1. The van der Waals surface area contributed by atoms with E-state index in [2.05, 4.69) is 4.90 Å². The van der Waals surface area contributed by atoms with Crippen molar-refractivity contribution in [2.24, 2.45) is 0 Å². The fraction of sp³-hybridized carbons (Fsp3) is 0.500. The van der Waals surface area contributed by atoms with Crippen LogP contribution in [-0.4, -0.2) is 62.1 Å². The maximum atomic E-state index is 12.1. The van der Waals surface area contributed by atoms with Crippen molar-refractivity contribution in [3.63, 3.8) is 0 Å². The Hall–Kier alpha value is -1.39. The minimum absolute atomic E-state index is 0.0869. The molecule has 98 valence electrons. The predicted molar refractivity (Wildman–Crippen MR) is 70.7 cm³/mol. The lowest BCUT2D eigenvalue weighted by atomic mass is 10.2. The maximum absolute atomic E-state index is 12.1. The van der Waals surface area contributed by atoms with Crippen molar-refractivity contribution in [2.45, 2.75) is 0 Å². The average molecular weight is 248 g/mol. The molecule has 0 bridgehead atoms. The van der Waals surface area contributed by atoms with Crippen LogP contribution in [0.25, 0.3) is 0 Å². The molecule has 1 fully saturated rings. The summed E-state index contributed by atoms with van der Waals surface area (Å²) >= 11 is 0. The van der Waals surface area contributed by atoms with E-state index in [-0.39, 0.29) is 5.91 Å². The van der Waals surface area contributed by atoms with Crippen LogP contribution >= 0.6 is 0 Å². The van der Waals surface area contributed by atoms with E-state index in [4.69, 9.17) is 4.74 Å². The second-order valence-electron chi connectivity index (χ2n) is 4.55. The van der Waals surface area contributed by atoms with Gasteiger partial charge in [0.2, 0.25) is 0 Å². The first-order valence-corrected chi connectivity index (χ1v) is 6.38. The Labute approximate surface area is 108 Å². The van der Waals surface area contributed by atoms with E-state index in [1.807, 2.05) is 37.4 Å². The fourth-order valence-electron chi connectivity index (χ4n) is 2.02. The van der Waals surface area contributed by atoms with Gasteiger partial charge in [-0.1, -0.05) is 18.2 Å². The third kappa shape index (κ3) is 3.55. The van der Waals surface area contributed by atoms with E-state index < -0.39 is 0 Å². The standard InChI is InChI=1S/C14H20N2O2/c1-15(7-8-16-9-11-18-12-10-16)14(17)13-5-3-2-4-6-13/h2-6H,7-12H2,1H3. The van der Waals surface area contributed by atoms with Gasteiger partial charge in [-0.15, -0.1) is 0 Å². The van der Waals surface area contributed by atoms with Crippen LogP contribution in [0, 0.1) is 0 Å². The smallest absolute Gasteiger partial charge is 0.253 e. The summed E-state index contributed by atoms with van der Waals surface area (Å²) in [6, 6.07) is 9.41. The molecule has 0 atom stereocenters. The molecule has 0 radical (unpaired) electrons. The highest BCUT2D eigenvalue weighted by atomic mass is 16.5. The van der Waals surface area contributed by atoms with E-state index in [0.717, 1.165) is 45.0 Å². The molecule has 1 saturated heterocycles. The molecule has 4 nitrogen and oxygen atoms in total. The molecule has 0 unspecified atom stereocenters. The highest BCUT2D eigenvalue weighted by Crippen LogP contribution is 2.03. The monoisotopic (exact) mass is 248 g/mol. The Balaban J connectivity index is 1.80. The molecular weight excluding hydrogens is 228 g/mol. The zero-order chi connectivity index (χ0) is 12.8. The summed E-state index contributed by atoms with van der Waals surface area (Å²) < 4.78 is 5.30. The zero-order valence-electron chi connectivity index (χ0n) is 10.8. The van der Waals surface area contributed by atoms with Crippen molar-refractivity contribution in [3.8, 4) is 0 Å². The number of ether oxygens (including phenoxy) is 1. The summed E-state index contributed by atoms with van der Waals surface area (Å²) in [5.41, 5.74) is 0.752. The molecule has 0 N–H and O–H groups in total. The molecule has 18 heavy (non-hydrogen) atoms. The molecule has 0 saturated carbocycles. The molecule has 0 spiro atoms. The average Bonchev–Trinajstić information content (AvgIpc) is 2.46. The minimum atomic E-state index is 0.0869. The van der Waals surface area contributed by atoms with Gasteiger partial charge in [-0.3, -0.25) is 9.69 Å². The molecule has 1 amide bonds. The van der Waals surface area contributed by atoms with E-state index in [0.29, 0.717) is 0 Å². The number of amides is 1. The van der Waals surface area contributed by atoms with Crippen molar-refractivity contribution in [2.75, 3.05) is 46.4 Å². The molecule has 1 aromatic rings. The Morgan fingerprint density at radius 1 is 1.28 bits per heavy atom. The number of morpholine rings is 1. The number of nitrogens with zero attached hydrogens (tertiary/aromatic N) is 2. The molecule has 2 rings (SSSR count). The predicted octanol–water partition coefficient (Wildman–Crippen LogP) is 1.09. The topological polar surface area (TPSA) is 32.8 Å². The van der Waals surface area contributed by atoms with Gasteiger partial charge in [-0.2, -0.15) is 0 Å². The Kier molecular flexibility index (Phi) is 4.73. The van der Waals surface area contributed by atoms with Gasteiger partial charge in [-0.25, -0.2) is 0 Å². The molecule has 0 aromatic heterocycles. The van der Waals surface area contributed by atoms with Crippen LogP contribution in [0.3, 0.4) is 0 Å². The molecule has 4 heteroatoms. The van der Waals surface area contributed by atoms with Gasteiger partial charge in [0, 0.05) is 38.8 Å². The van der Waals surface area contributed by atoms with Gasteiger partial charge in [-0.05, 0) is 12.1 Å². The van der Waals surface area contributed by atoms with E-state index in [1.54, 1.807) is 4.90 Å². The molecular formula is C14H20N2O2. The highest BCUT2D eigenvalue weighted by Gasteiger charge is 2.14. The fourth-order valence-corrected chi connectivity index (χ4v) is 2.02. The molecule has 1 aliphatic heterocycles. The summed E-state index contributed by atoms with van der Waals surface area (Å²) in [5.74, 6) is 0.0869. The first-order chi connectivity index (χ1) is 8.77. The summed E-state index contributed by atoms with van der Waals surface area (Å²) in [6.45, 7) is 5.21. The van der Waals surface area contributed by atoms with Gasteiger partial charge in [0.15, 0.2) is 0 Å². The zero-order valence-corrected chi connectivity index (χ0v) is 10.8. The first-order valence-electron chi connectivity index (χ1n) is 6.38. The largest absolute Gasteiger partial charge is 0.379 e. The van der Waals surface area contributed by atoms with Gasteiger partial charge in [0.1, 0.15) is 0 Å². The van der Waals surface area contributed by atoms with Crippen molar-refractivity contribution in [3.05, 3.63) is 35.9 Å². The van der Waals surface area contributed by atoms with Crippen molar-refractivity contribution in [1.29, 1.82) is 0 Å². The number of hydrogen-bond donors (Lipinski definition) is 0. The molecule has 1 aliphatic rings. The highest BCUT2D eigenvalue weighted by molar-refractivity contribution is 5.93. The van der Waals surface area contributed by atoms with Gasteiger partial charge < -0.3 is 9.64 Å². The second kappa shape index (κ2) is 6.52. The number of hydrogen-bond acceptors (Lipinski definition) is 3. The van der Waals surface area contributed by atoms with Crippen LogP contribution in [-0.2, 0) is 4.74 Å². The lowest BCUT2D eigenvalue weighted by Crippen LogP contribution is -2.41. The first kappa shape index (κ1) is 13.1. The normalized spacial score (nSPS) is 16.5.